The number of fused-ring (bicyclic) bond motifs is 1. The maximum atomic E-state index is 13.7. The number of H-pyrrole nitrogens is 1. The van der Waals surface area contributed by atoms with E-state index < -0.39 is 11.9 Å². The molecule has 0 aliphatic heterocycles. The molecule has 1 aromatic carbocycles. The molecule has 1 heterocycles. The molecular formula is C21H27FN2O5. The lowest BCUT2D eigenvalue weighted by Gasteiger charge is -2.29. The average molecular weight is 406 g/mol. The Morgan fingerprint density at radius 2 is 1.93 bits per heavy atom. The Labute approximate surface area is 169 Å². The van der Waals surface area contributed by atoms with Gasteiger partial charge in [0.05, 0.1) is 26.9 Å². The molecule has 29 heavy (non-hydrogen) atoms. The van der Waals surface area contributed by atoms with Crippen LogP contribution in [-0.2, 0) is 36.8 Å². The van der Waals surface area contributed by atoms with Crippen LogP contribution in [0.4, 0.5) is 4.39 Å². The summed E-state index contributed by atoms with van der Waals surface area (Å²) < 4.78 is 28.5. The van der Waals surface area contributed by atoms with Gasteiger partial charge in [-0.3, -0.25) is 0 Å². The summed E-state index contributed by atoms with van der Waals surface area (Å²) in [7, 11) is 4.08. The van der Waals surface area contributed by atoms with E-state index in [0.717, 1.165) is 28.2 Å². The van der Waals surface area contributed by atoms with Gasteiger partial charge in [0.25, 0.3) is 0 Å². The highest BCUT2D eigenvalue weighted by Crippen LogP contribution is 2.25. The molecule has 0 spiro atoms. The second-order valence-corrected chi connectivity index (χ2v) is 6.79. The van der Waals surface area contributed by atoms with E-state index in [2.05, 4.69) is 9.72 Å². The number of ether oxygens (including phenoxy) is 3. The topological polar surface area (TPSA) is 80.9 Å². The first kappa shape index (κ1) is 22.4. The molecular weight excluding hydrogens is 379 g/mol. The molecule has 7 nitrogen and oxygen atoms in total. The van der Waals surface area contributed by atoms with Gasteiger partial charge in [-0.25, -0.2) is 14.0 Å². The molecule has 0 radical (unpaired) electrons. The van der Waals surface area contributed by atoms with Gasteiger partial charge in [0.2, 0.25) is 0 Å². The highest BCUT2D eigenvalue weighted by molar-refractivity contribution is 5.95. The molecule has 0 atom stereocenters. The first-order valence-electron chi connectivity index (χ1n) is 9.24. The van der Waals surface area contributed by atoms with E-state index in [-0.39, 0.29) is 17.6 Å². The first-order chi connectivity index (χ1) is 13.8. The molecule has 2 rings (SSSR count). The zero-order chi connectivity index (χ0) is 21.6. The van der Waals surface area contributed by atoms with Gasteiger partial charge in [0.1, 0.15) is 11.5 Å². The second-order valence-electron chi connectivity index (χ2n) is 6.79. The van der Waals surface area contributed by atoms with Gasteiger partial charge in [-0.05, 0) is 32.0 Å². The first-order valence-corrected chi connectivity index (χ1v) is 9.24. The van der Waals surface area contributed by atoms with Crippen molar-refractivity contribution >= 4 is 22.8 Å². The molecule has 2 aromatic rings. The molecule has 0 aliphatic carbocycles. The van der Waals surface area contributed by atoms with Crippen LogP contribution in [0, 0.1) is 5.82 Å². The van der Waals surface area contributed by atoms with Crippen molar-refractivity contribution in [3.63, 3.8) is 0 Å². The number of esters is 2. The van der Waals surface area contributed by atoms with Gasteiger partial charge >= 0.3 is 11.9 Å². The van der Waals surface area contributed by atoms with Crippen LogP contribution in [-0.4, -0.2) is 55.7 Å². The molecule has 0 saturated heterocycles. The summed E-state index contributed by atoms with van der Waals surface area (Å²) in [5.41, 5.74) is 2.66. The van der Waals surface area contributed by atoms with Gasteiger partial charge in [-0.2, -0.15) is 0 Å². The third kappa shape index (κ3) is 5.35. The van der Waals surface area contributed by atoms with E-state index in [9.17, 15) is 14.0 Å². The number of hydrogen-bond acceptors (Lipinski definition) is 6. The monoisotopic (exact) mass is 406 g/mol. The lowest BCUT2D eigenvalue weighted by molar-refractivity contribution is -0.140. The van der Waals surface area contributed by atoms with Crippen molar-refractivity contribution < 1.29 is 28.2 Å². The van der Waals surface area contributed by atoms with Gasteiger partial charge < -0.3 is 24.1 Å². The van der Waals surface area contributed by atoms with Crippen molar-refractivity contribution in [3.05, 3.63) is 47.0 Å². The highest BCUT2D eigenvalue weighted by atomic mass is 19.1. The smallest absolute Gasteiger partial charge is 0.354 e. The van der Waals surface area contributed by atoms with Crippen molar-refractivity contribution in [2.24, 2.45) is 0 Å². The summed E-state index contributed by atoms with van der Waals surface area (Å²) in [6.45, 7) is 4.55. The Balaban J connectivity index is 2.37. The number of aromatic amines is 1. The van der Waals surface area contributed by atoms with Crippen molar-refractivity contribution in [1.29, 1.82) is 0 Å². The van der Waals surface area contributed by atoms with E-state index in [1.54, 1.807) is 18.1 Å². The summed E-state index contributed by atoms with van der Waals surface area (Å²) in [5.74, 6) is -1.59. The molecule has 0 unspecified atom stereocenters. The van der Waals surface area contributed by atoms with Crippen molar-refractivity contribution in [1.82, 2.24) is 9.88 Å². The average Bonchev–Trinajstić information content (AvgIpc) is 3.03. The lowest BCUT2D eigenvalue weighted by Crippen LogP contribution is -2.36. The number of nitrogens with zero attached hydrogens (tertiary/aromatic N) is 1. The summed E-state index contributed by atoms with van der Waals surface area (Å²) in [6, 6.07) is 4.47. The predicted octanol–water partition coefficient (Wildman–Crippen LogP) is 2.94. The highest BCUT2D eigenvalue weighted by Gasteiger charge is 2.23. The van der Waals surface area contributed by atoms with Crippen LogP contribution >= 0.6 is 0 Å². The minimum Gasteiger partial charge on any atom is -0.466 e. The number of aromatic nitrogens is 1. The number of benzene rings is 1. The fourth-order valence-electron chi connectivity index (χ4n) is 3.22. The number of carbonyl (C=O) groups is 2. The quantitative estimate of drug-likeness (QED) is 0.509. The largest absolute Gasteiger partial charge is 0.466 e. The Morgan fingerprint density at radius 1 is 1.21 bits per heavy atom. The molecule has 0 amide bonds. The van der Waals surface area contributed by atoms with Crippen molar-refractivity contribution in [2.75, 3.05) is 27.9 Å². The number of methoxy groups -OCH3 is 3. The van der Waals surface area contributed by atoms with Gasteiger partial charge in [0, 0.05) is 48.3 Å². The van der Waals surface area contributed by atoms with Crippen LogP contribution in [0.2, 0.25) is 0 Å². The maximum Gasteiger partial charge on any atom is 0.354 e. The second kappa shape index (κ2) is 10.1. The van der Waals surface area contributed by atoms with Gasteiger partial charge in [-0.15, -0.1) is 0 Å². The molecule has 0 aliphatic rings. The third-order valence-electron chi connectivity index (χ3n) is 4.63. The molecule has 0 saturated carbocycles. The van der Waals surface area contributed by atoms with Crippen LogP contribution in [0.15, 0.2) is 30.0 Å². The number of rotatable bonds is 9. The Morgan fingerprint density at radius 3 is 2.52 bits per heavy atom. The van der Waals surface area contributed by atoms with Crippen molar-refractivity contribution in [2.45, 2.75) is 32.9 Å². The van der Waals surface area contributed by atoms with Crippen LogP contribution in [0.3, 0.4) is 0 Å². The van der Waals surface area contributed by atoms with Crippen LogP contribution in [0.1, 0.15) is 25.1 Å². The SMILES string of the molecule is COCc1c(CCN(/C(=C/C(=O)OC)C(=O)OC)C(C)C)[nH]c2ccc(F)cc12. The molecule has 1 aromatic heterocycles. The van der Waals surface area contributed by atoms with E-state index in [1.165, 1.54) is 26.4 Å². The molecule has 0 fully saturated rings. The van der Waals surface area contributed by atoms with E-state index in [4.69, 9.17) is 9.47 Å². The van der Waals surface area contributed by atoms with E-state index in [0.29, 0.717) is 19.6 Å². The molecule has 0 bridgehead atoms. The molecule has 8 heteroatoms. The fourth-order valence-corrected chi connectivity index (χ4v) is 3.22. The molecule has 158 valence electrons. The summed E-state index contributed by atoms with van der Waals surface area (Å²) >= 11 is 0. The van der Waals surface area contributed by atoms with Crippen LogP contribution < -0.4 is 0 Å². The number of hydrogen-bond donors (Lipinski definition) is 1. The standard InChI is InChI=1S/C21H27FN2O5/c1-13(2)24(19(21(26)29-5)11-20(25)28-4)9-8-18-16(12-27-3)15-10-14(22)6-7-17(15)23-18/h6-7,10-11,13,23H,8-9,12H2,1-5H3/b19-11+. The van der Waals surface area contributed by atoms with E-state index >= 15 is 0 Å². The van der Waals surface area contributed by atoms with Crippen molar-refractivity contribution in [3.8, 4) is 0 Å². The number of nitrogens with one attached hydrogen (secondary N) is 1. The normalized spacial score (nSPS) is 11.8. The summed E-state index contributed by atoms with van der Waals surface area (Å²) in [5, 5.41) is 0.760. The Hall–Kier alpha value is -2.87. The Bertz CT molecular complexity index is 904. The van der Waals surface area contributed by atoms with E-state index in [1.807, 2.05) is 13.8 Å². The summed E-state index contributed by atoms with van der Waals surface area (Å²) in [6.07, 6.45) is 1.64. The van der Waals surface area contributed by atoms with Gasteiger partial charge in [-0.1, -0.05) is 0 Å². The number of halogens is 1. The zero-order valence-electron chi connectivity index (χ0n) is 17.4. The zero-order valence-corrected chi connectivity index (χ0v) is 17.4. The van der Waals surface area contributed by atoms with Crippen LogP contribution in [0.25, 0.3) is 10.9 Å². The van der Waals surface area contributed by atoms with Crippen LogP contribution in [0.5, 0.6) is 0 Å². The number of carbonyl (C=O) groups excluding carboxylic acids is 2. The minimum absolute atomic E-state index is 0.0855. The summed E-state index contributed by atoms with van der Waals surface area (Å²) in [4.78, 5) is 29.1. The fraction of sp³-hybridized carbons (Fsp3) is 0.429. The third-order valence-corrected chi connectivity index (χ3v) is 4.63. The van der Waals surface area contributed by atoms with Gasteiger partial charge in [0.15, 0.2) is 0 Å². The maximum absolute atomic E-state index is 13.7. The molecule has 1 N–H and O–H groups in total. The Kier molecular flexibility index (Phi) is 7.78. The predicted molar refractivity (Wildman–Crippen MR) is 107 cm³/mol. The lowest BCUT2D eigenvalue weighted by atomic mass is 10.1. The minimum atomic E-state index is -0.641.